The van der Waals surface area contributed by atoms with Crippen molar-refractivity contribution in [1.82, 2.24) is 10.1 Å². The average molecular weight is 246 g/mol. The fourth-order valence-electron chi connectivity index (χ4n) is 1.27. The van der Waals surface area contributed by atoms with Crippen molar-refractivity contribution in [3.05, 3.63) is 35.4 Å². The van der Waals surface area contributed by atoms with Crippen LogP contribution >= 0.6 is 0 Å². The zero-order valence-electron chi connectivity index (χ0n) is 8.55. The first-order valence-corrected chi connectivity index (χ1v) is 4.55. The van der Waals surface area contributed by atoms with Crippen LogP contribution in [0.2, 0.25) is 0 Å². The Morgan fingerprint density at radius 1 is 1.24 bits per heavy atom. The molecule has 7 heteroatoms. The van der Waals surface area contributed by atoms with Crippen LogP contribution < -0.4 is 0 Å². The summed E-state index contributed by atoms with van der Waals surface area (Å²) in [5.74, 6) is -0.920. The summed E-state index contributed by atoms with van der Waals surface area (Å²) in [5, 5.41) is 3.43. The molecule has 17 heavy (non-hydrogen) atoms. The zero-order valence-corrected chi connectivity index (χ0v) is 8.55. The molecule has 0 saturated heterocycles. The number of nitrogens with zero attached hydrogens (tertiary/aromatic N) is 2. The van der Waals surface area contributed by atoms with Crippen molar-refractivity contribution in [2.75, 3.05) is 0 Å². The molecule has 0 amide bonds. The molecular weight excluding hydrogens is 240 g/mol. The molecule has 0 N–H and O–H groups in total. The number of benzene rings is 1. The van der Waals surface area contributed by atoms with Gasteiger partial charge in [0.05, 0.1) is 11.1 Å². The lowest BCUT2D eigenvalue weighted by Gasteiger charge is -2.07. The SMILES string of the molecule is Cc1noc(-c2ccc(C(F)(F)F)cc2F)n1. The normalized spacial score (nSPS) is 11.8. The van der Waals surface area contributed by atoms with Gasteiger partial charge in [-0.05, 0) is 25.1 Å². The van der Waals surface area contributed by atoms with Crippen molar-refractivity contribution >= 4 is 0 Å². The van der Waals surface area contributed by atoms with Crippen molar-refractivity contribution < 1.29 is 22.1 Å². The molecule has 1 aromatic heterocycles. The van der Waals surface area contributed by atoms with E-state index in [4.69, 9.17) is 0 Å². The van der Waals surface area contributed by atoms with Gasteiger partial charge in [-0.15, -0.1) is 0 Å². The van der Waals surface area contributed by atoms with E-state index in [2.05, 4.69) is 14.7 Å². The van der Waals surface area contributed by atoms with Crippen molar-refractivity contribution in [2.24, 2.45) is 0 Å². The van der Waals surface area contributed by atoms with Crippen LogP contribution in [0.15, 0.2) is 22.7 Å². The van der Waals surface area contributed by atoms with E-state index >= 15 is 0 Å². The standard InChI is InChI=1S/C10H6F4N2O/c1-5-15-9(17-16-5)7-3-2-6(4-8(7)11)10(12,13)14/h2-4H,1H3. The van der Waals surface area contributed by atoms with E-state index in [9.17, 15) is 17.6 Å². The molecule has 0 aliphatic rings. The van der Waals surface area contributed by atoms with Gasteiger partial charge in [0.2, 0.25) is 0 Å². The fraction of sp³-hybridized carbons (Fsp3) is 0.200. The number of hydrogen-bond donors (Lipinski definition) is 0. The third kappa shape index (κ3) is 2.27. The van der Waals surface area contributed by atoms with Crippen LogP contribution in [0, 0.1) is 12.7 Å². The highest BCUT2D eigenvalue weighted by atomic mass is 19.4. The van der Waals surface area contributed by atoms with E-state index in [-0.39, 0.29) is 17.3 Å². The summed E-state index contributed by atoms with van der Waals surface area (Å²) < 4.78 is 55.0. The highest BCUT2D eigenvalue weighted by Crippen LogP contribution is 2.32. The Labute approximate surface area is 93.1 Å². The van der Waals surface area contributed by atoms with Gasteiger partial charge in [-0.3, -0.25) is 0 Å². The lowest BCUT2D eigenvalue weighted by atomic mass is 10.1. The monoisotopic (exact) mass is 246 g/mol. The molecule has 0 atom stereocenters. The van der Waals surface area contributed by atoms with E-state index < -0.39 is 17.6 Å². The number of hydrogen-bond acceptors (Lipinski definition) is 3. The van der Waals surface area contributed by atoms with Crippen molar-refractivity contribution in [3.63, 3.8) is 0 Å². The number of aromatic nitrogens is 2. The predicted molar refractivity (Wildman–Crippen MR) is 49.4 cm³/mol. The first-order chi connectivity index (χ1) is 7.88. The summed E-state index contributed by atoms with van der Waals surface area (Å²) in [6.07, 6.45) is -4.58. The molecule has 0 saturated carbocycles. The van der Waals surface area contributed by atoms with E-state index in [0.717, 1.165) is 12.1 Å². The molecule has 0 radical (unpaired) electrons. The number of alkyl halides is 3. The van der Waals surface area contributed by atoms with Gasteiger partial charge in [-0.2, -0.15) is 18.2 Å². The minimum Gasteiger partial charge on any atom is -0.334 e. The van der Waals surface area contributed by atoms with Crippen molar-refractivity contribution in [1.29, 1.82) is 0 Å². The topological polar surface area (TPSA) is 38.9 Å². The van der Waals surface area contributed by atoms with Gasteiger partial charge in [-0.25, -0.2) is 4.39 Å². The molecule has 0 aliphatic heterocycles. The molecule has 90 valence electrons. The van der Waals surface area contributed by atoms with Crippen LogP contribution in [-0.4, -0.2) is 10.1 Å². The summed E-state index contributed by atoms with van der Waals surface area (Å²) in [5.41, 5.74) is -1.21. The Bertz CT molecular complexity index is 547. The molecule has 0 bridgehead atoms. The van der Waals surface area contributed by atoms with Gasteiger partial charge in [0, 0.05) is 0 Å². The van der Waals surface area contributed by atoms with Crippen LogP contribution in [0.4, 0.5) is 17.6 Å². The summed E-state index contributed by atoms with van der Waals surface area (Å²) in [6.45, 7) is 1.52. The van der Waals surface area contributed by atoms with E-state index in [1.807, 2.05) is 0 Å². The first-order valence-electron chi connectivity index (χ1n) is 4.55. The molecule has 0 unspecified atom stereocenters. The molecular formula is C10H6F4N2O. The Morgan fingerprint density at radius 3 is 2.41 bits per heavy atom. The highest BCUT2D eigenvalue weighted by molar-refractivity contribution is 5.54. The van der Waals surface area contributed by atoms with Crippen LogP contribution in [0.25, 0.3) is 11.5 Å². The quantitative estimate of drug-likeness (QED) is 0.725. The summed E-state index contributed by atoms with van der Waals surface area (Å²) in [4.78, 5) is 3.73. The molecule has 0 aliphatic carbocycles. The van der Waals surface area contributed by atoms with Crippen molar-refractivity contribution in [3.8, 4) is 11.5 Å². The highest BCUT2D eigenvalue weighted by Gasteiger charge is 2.31. The van der Waals surface area contributed by atoms with E-state index in [1.54, 1.807) is 0 Å². The van der Waals surface area contributed by atoms with Gasteiger partial charge < -0.3 is 4.52 Å². The van der Waals surface area contributed by atoms with Crippen molar-refractivity contribution in [2.45, 2.75) is 13.1 Å². The second-order valence-electron chi connectivity index (χ2n) is 3.34. The number of rotatable bonds is 1. The molecule has 0 spiro atoms. The Kier molecular flexibility index (Phi) is 2.60. The van der Waals surface area contributed by atoms with E-state index in [0.29, 0.717) is 6.07 Å². The molecule has 1 heterocycles. The van der Waals surface area contributed by atoms with Crippen LogP contribution in [0.3, 0.4) is 0 Å². The minimum atomic E-state index is -4.58. The number of aryl methyl sites for hydroxylation is 1. The van der Waals surface area contributed by atoms with Gasteiger partial charge in [-0.1, -0.05) is 5.16 Å². The van der Waals surface area contributed by atoms with Crippen LogP contribution in [-0.2, 0) is 6.18 Å². The third-order valence-corrected chi connectivity index (χ3v) is 2.05. The lowest BCUT2D eigenvalue weighted by molar-refractivity contribution is -0.137. The molecule has 2 aromatic rings. The second kappa shape index (κ2) is 3.83. The van der Waals surface area contributed by atoms with Crippen LogP contribution in [0.1, 0.15) is 11.4 Å². The van der Waals surface area contributed by atoms with Gasteiger partial charge in [0.1, 0.15) is 5.82 Å². The largest absolute Gasteiger partial charge is 0.416 e. The maximum atomic E-state index is 13.4. The summed E-state index contributed by atoms with van der Waals surface area (Å²) >= 11 is 0. The second-order valence-corrected chi connectivity index (χ2v) is 3.34. The van der Waals surface area contributed by atoms with Gasteiger partial charge >= 0.3 is 6.18 Å². The third-order valence-electron chi connectivity index (χ3n) is 2.05. The number of halogens is 4. The summed E-state index contributed by atoms with van der Waals surface area (Å²) in [7, 11) is 0. The lowest BCUT2D eigenvalue weighted by Crippen LogP contribution is -2.05. The average Bonchev–Trinajstić information content (AvgIpc) is 2.63. The fourth-order valence-corrected chi connectivity index (χ4v) is 1.27. The predicted octanol–water partition coefficient (Wildman–Crippen LogP) is 3.20. The zero-order chi connectivity index (χ0) is 12.6. The van der Waals surface area contributed by atoms with E-state index in [1.165, 1.54) is 6.92 Å². The first kappa shape index (κ1) is 11.6. The maximum absolute atomic E-state index is 13.4. The molecule has 3 nitrogen and oxygen atoms in total. The minimum absolute atomic E-state index is 0.145. The van der Waals surface area contributed by atoms with Gasteiger partial charge in [0.25, 0.3) is 5.89 Å². The molecule has 1 aromatic carbocycles. The maximum Gasteiger partial charge on any atom is 0.416 e. The Morgan fingerprint density at radius 2 is 1.94 bits per heavy atom. The van der Waals surface area contributed by atoms with Gasteiger partial charge in [0.15, 0.2) is 5.82 Å². The van der Waals surface area contributed by atoms with Crippen LogP contribution in [0.5, 0.6) is 0 Å². The summed E-state index contributed by atoms with van der Waals surface area (Å²) in [6, 6.07) is 2.12. The Balaban J connectivity index is 2.45. The smallest absolute Gasteiger partial charge is 0.334 e. The molecule has 2 rings (SSSR count). The molecule has 0 fully saturated rings. The Hall–Kier alpha value is -1.92.